The first-order valence-electron chi connectivity index (χ1n) is 4.90. The standard InChI is InChI=1S/C9H18NO5P/c1-4-8(11)15-9(5-2,6-3)7-14-16(10,12)13/h4H,1,5-7H2,2-3H3,(H3,10,12,13). The summed E-state index contributed by atoms with van der Waals surface area (Å²) < 4.78 is 20.5. The molecule has 0 aliphatic heterocycles. The number of hydrogen-bond donors (Lipinski definition) is 2. The van der Waals surface area contributed by atoms with E-state index in [0.717, 1.165) is 6.08 Å². The van der Waals surface area contributed by atoms with Crippen molar-refractivity contribution in [2.24, 2.45) is 5.50 Å². The van der Waals surface area contributed by atoms with E-state index in [0.29, 0.717) is 12.8 Å². The number of carbonyl (C=O) groups is 1. The highest BCUT2D eigenvalue weighted by Gasteiger charge is 2.32. The Morgan fingerprint density at radius 3 is 2.38 bits per heavy atom. The van der Waals surface area contributed by atoms with Gasteiger partial charge in [-0.05, 0) is 12.8 Å². The minimum absolute atomic E-state index is 0.218. The minimum Gasteiger partial charge on any atom is -0.453 e. The summed E-state index contributed by atoms with van der Waals surface area (Å²) in [6, 6.07) is 0. The Labute approximate surface area is 95.0 Å². The highest BCUT2D eigenvalue weighted by atomic mass is 31.2. The predicted octanol–water partition coefficient (Wildman–Crippen LogP) is 1.35. The molecule has 0 spiro atoms. The van der Waals surface area contributed by atoms with Gasteiger partial charge in [-0.15, -0.1) is 0 Å². The van der Waals surface area contributed by atoms with Crippen LogP contribution in [0, 0.1) is 0 Å². The number of nitrogens with two attached hydrogens (primary N) is 1. The van der Waals surface area contributed by atoms with Gasteiger partial charge in [-0.3, -0.25) is 4.52 Å². The molecule has 0 fully saturated rings. The second-order valence-electron chi connectivity index (χ2n) is 3.35. The average Bonchev–Trinajstić information content (AvgIpc) is 2.23. The van der Waals surface area contributed by atoms with E-state index in [1.807, 2.05) is 0 Å². The Hall–Kier alpha value is -0.680. The van der Waals surface area contributed by atoms with Crippen LogP contribution in [-0.4, -0.2) is 23.1 Å². The largest absolute Gasteiger partial charge is 0.453 e. The molecule has 0 aromatic heterocycles. The van der Waals surface area contributed by atoms with Gasteiger partial charge >= 0.3 is 13.7 Å². The van der Waals surface area contributed by atoms with E-state index in [4.69, 9.17) is 15.1 Å². The molecule has 1 unspecified atom stereocenters. The summed E-state index contributed by atoms with van der Waals surface area (Å²) in [7, 11) is -4.06. The maximum absolute atomic E-state index is 11.1. The molecule has 0 bridgehead atoms. The number of esters is 1. The molecule has 0 aromatic carbocycles. The Morgan fingerprint density at radius 1 is 1.56 bits per heavy atom. The van der Waals surface area contributed by atoms with Gasteiger partial charge in [-0.25, -0.2) is 14.9 Å². The maximum Gasteiger partial charge on any atom is 0.400 e. The van der Waals surface area contributed by atoms with Crippen LogP contribution in [-0.2, 0) is 18.6 Å². The van der Waals surface area contributed by atoms with Crippen molar-refractivity contribution in [3.05, 3.63) is 12.7 Å². The number of rotatable bonds is 7. The van der Waals surface area contributed by atoms with E-state index in [1.165, 1.54) is 0 Å². The molecule has 0 radical (unpaired) electrons. The van der Waals surface area contributed by atoms with E-state index < -0.39 is 19.3 Å². The van der Waals surface area contributed by atoms with Crippen LogP contribution >= 0.6 is 7.75 Å². The summed E-state index contributed by atoms with van der Waals surface area (Å²) >= 11 is 0. The van der Waals surface area contributed by atoms with Crippen molar-refractivity contribution < 1.29 is 23.5 Å². The first-order chi connectivity index (χ1) is 7.28. The minimum atomic E-state index is -4.06. The Balaban J connectivity index is 4.62. The molecular weight excluding hydrogens is 233 g/mol. The normalized spacial score (nSPS) is 15.2. The van der Waals surface area contributed by atoms with Crippen molar-refractivity contribution >= 4 is 13.7 Å². The zero-order valence-corrected chi connectivity index (χ0v) is 10.4. The van der Waals surface area contributed by atoms with Gasteiger partial charge in [-0.2, -0.15) is 0 Å². The van der Waals surface area contributed by atoms with Crippen LogP contribution in [0.5, 0.6) is 0 Å². The first-order valence-corrected chi connectivity index (χ1v) is 6.54. The first kappa shape index (κ1) is 15.3. The monoisotopic (exact) mass is 251 g/mol. The molecular formula is C9H18NO5P. The van der Waals surface area contributed by atoms with Crippen molar-refractivity contribution in [3.63, 3.8) is 0 Å². The molecule has 0 rings (SSSR count). The maximum atomic E-state index is 11.1. The lowest BCUT2D eigenvalue weighted by atomic mass is 9.98. The van der Waals surface area contributed by atoms with E-state index in [9.17, 15) is 9.36 Å². The summed E-state index contributed by atoms with van der Waals surface area (Å²) in [6.07, 6.45) is 1.92. The molecule has 0 aliphatic rings. The van der Waals surface area contributed by atoms with E-state index in [-0.39, 0.29) is 6.61 Å². The predicted molar refractivity (Wildman–Crippen MR) is 59.6 cm³/mol. The smallest absolute Gasteiger partial charge is 0.400 e. The van der Waals surface area contributed by atoms with Crippen LogP contribution in [0.1, 0.15) is 26.7 Å². The Bertz CT molecular complexity index is 294. The van der Waals surface area contributed by atoms with Gasteiger partial charge in [-0.1, -0.05) is 20.4 Å². The molecule has 6 nitrogen and oxygen atoms in total. The molecule has 16 heavy (non-hydrogen) atoms. The third-order valence-corrected chi connectivity index (χ3v) is 2.78. The second-order valence-corrected chi connectivity index (χ2v) is 4.74. The van der Waals surface area contributed by atoms with Crippen LogP contribution < -0.4 is 5.50 Å². The average molecular weight is 251 g/mol. The van der Waals surface area contributed by atoms with E-state index in [1.54, 1.807) is 13.8 Å². The van der Waals surface area contributed by atoms with Crippen LogP contribution in [0.2, 0.25) is 0 Å². The van der Waals surface area contributed by atoms with Crippen LogP contribution in [0.15, 0.2) is 12.7 Å². The fourth-order valence-corrected chi connectivity index (χ4v) is 1.51. The molecule has 3 N–H and O–H groups in total. The van der Waals surface area contributed by atoms with Crippen molar-refractivity contribution in [1.29, 1.82) is 0 Å². The third kappa shape index (κ3) is 5.42. The molecule has 0 amide bonds. The van der Waals surface area contributed by atoms with Crippen molar-refractivity contribution in [2.75, 3.05) is 6.61 Å². The lowest BCUT2D eigenvalue weighted by Crippen LogP contribution is -2.38. The zero-order chi connectivity index (χ0) is 12.8. The second kappa shape index (κ2) is 6.15. The Morgan fingerprint density at radius 2 is 2.06 bits per heavy atom. The number of carbonyl (C=O) groups excluding carboxylic acids is 1. The van der Waals surface area contributed by atoms with Crippen molar-refractivity contribution in [3.8, 4) is 0 Å². The lowest BCUT2D eigenvalue weighted by Gasteiger charge is -2.30. The summed E-state index contributed by atoms with van der Waals surface area (Å²) in [5.74, 6) is -0.600. The van der Waals surface area contributed by atoms with Crippen LogP contribution in [0.3, 0.4) is 0 Å². The zero-order valence-electron chi connectivity index (χ0n) is 9.51. The topological polar surface area (TPSA) is 98.9 Å². The summed E-state index contributed by atoms with van der Waals surface area (Å²) in [5, 5.41) is 0. The molecule has 0 aromatic rings. The summed E-state index contributed by atoms with van der Waals surface area (Å²) in [5.41, 5.74) is 3.90. The Kier molecular flexibility index (Phi) is 5.89. The molecule has 0 heterocycles. The van der Waals surface area contributed by atoms with Gasteiger partial charge in [0.2, 0.25) is 0 Å². The van der Waals surface area contributed by atoms with Crippen LogP contribution in [0.4, 0.5) is 0 Å². The number of hydrogen-bond acceptors (Lipinski definition) is 4. The van der Waals surface area contributed by atoms with Crippen molar-refractivity contribution in [2.45, 2.75) is 32.3 Å². The van der Waals surface area contributed by atoms with E-state index >= 15 is 0 Å². The van der Waals surface area contributed by atoms with Gasteiger partial charge < -0.3 is 9.63 Å². The van der Waals surface area contributed by atoms with E-state index in [2.05, 4.69) is 11.1 Å². The van der Waals surface area contributed by atoms with Gasteiger partial charge in [0.05, 0.1) is 6.61 Å². The molecule has 1 atom stereocenters. The highest BCUT2D eigenvalue weighted by Crippen LogP contribution is 2.34. The fourth-order valence-electron chi connectivity index (χ4n) is 1.09. The van der Waals surface area contributed by atoms with Gasteiger partial charge in [0.25, 0.3) is 0 Å². The molecule has 0 saturated carbocycles. The molecule has 0 aliphatic carbocycles. The highest BCUT2D eigenvalue weighted by molar-refractivity contribution is 7.50. The fraction of sp³-hybridized carbons (Fsp3) is 0.667. The molecule has 0 saturated heterocycles. The third-order valence-electron chi connectivity index (χ3n) is 2.29. The SMILES string of the molecule is C=CC(=O)OC(CC)(CC)COP(N)(=O)O. The van der Waals surface area contributed by atoms with Crippen molar-refractivity contribution in [1.82, 2.24) is 0 Å². The van der Waals surface area contributed by atoms with Crippen LogP contribution in [0.25, 0.3) is 0 Å². The number of ether oxygens (including phenoxy) is 1. The lowest BCUT2D eigenvalue weighted by molar-refractivity contribution is -0.158. The summed E-state index contributed by atoms with van der Waals surface area (Å²) in [4.78, 5) is 19.9. The summed E-state index contributed by atoms with van der Waals surface area (Å²) in [6.45, 7) is 6.62. The van der Waals surface area contributed by atoms with Gasteiger partial charge in [0.1, 0.15) is 5.60 Å². The molecule has 94 valence electrons. The molecule has 7 heteroatoms. The van der Waals surface area contributed by atoms with Gasteiger partial charge in [0, 0.05) is 6.08 Å². The quantitative estimate of drug-likeness (QED) is 0.402. The van der Waals surface area contributed by atoms with Gasteiger partial charge in [0.15, 0.2) is 0 Å².